The number of thiol groups is 1. The van der Waals surface area contributed by atoms with Crippen LogP contribution in [0, 0.1) is 6.20 Å². The molecule has 0 bridgehead atoms. The van der Waals surface area contributed by atoms with Crippen molar-refractivity contribution in [2.45, 2.75) is 6.04 Å². The van der Waals surface area contributed by atoms with E-state index in [1.165, 1.54) is 6.20 Å². The predicted molar refractivity (Wildman–Crippen MR) is 45.2 cm³/mol. The molecule has 0 saturated heterocycles. The van der Waals surface area contributed by atoms with Gasteiger partial charge in [-0.25, -0.2) is 8.42 Å². The first kappa shape index (κ1) is 9.15. The molecule has 0 saturated carbocycles. The summed E-state index contributed by atoms with van der Waals surface area (Å²) in [6, 6.07) is 2.83. The molecule has 0 aliphatic heterocycles. The van der Waals surface area contributed by atoms with E-state index in [0.29, 0.717) is 5.56 Å². The SMILES string of the molecule is NC(C[SH](=O)=O)c1cc[c]nc1. The van der Waals surface area contributed by atoms with Gasteiger partial charge >= 0.3 is 0 Å². The van der Waals surface area contributed by atoms with Gasteiger partial charge in [-0.05, 0) is 11.6 Å². The van der Waals surface area contributed by atoms with Gasteiger partial charge in [0.25, 0.3) is 0 Å². The third-order valence-corrected chi connectivity index (χ3v) is 2.10. The van der Waals surface area contributed by atoms with Gasteiger partial charge in [-0.2, -0.15) is 0 Å². The largest absolute Gasteiger partial charge is 0.323 e. The van der Waals surface area contributed by atoms with Gasteiger partial charge in [-0.3, -0.25) is 4.98 Å². The van der Waals surface area contributed by atoms with Crippen LogP contribution in [-0.2, 0) is 10.7 Å². The number of hydrogen-bond donors (Lipinski definition) is 2. The Hall–Kier alpha value is -0.940. The molecule has 1 aromatic rings. The molecular formula is C7H9N2O2S. The van der Waals surface area contributed by atoms with Crippen molar-refractivity contribution in [3.05, 3.63) is 30.1 Å². The van der Waals surface area contributed by atoms with Crippen LogP contribution in [0.5, 0.6) is 0 Å². The van der Waals surface area contributed by atoms with E-state index in [-0.39, 0.29) is 5.75 Å². The maximum Gasteiger partial charge on any atom is 0.142 e. The van der Waals surface area contributed by atoms with Gasteiger partial charge in [0.05, 0.1) is 11.9 Å². The van der Waals surface area contributed by atoms with E-state index in [2.05, 4.69) is 11.2 Å². The predicted octanol–water partition coefficient (Wildman–Crippen LogP) is -0.507. The van der Waals surface area contributed by atoms with E-state index >= 15 is 0 Å². The fraction of sp³-hybridized carbons (Fsp3) is 0.286. The Morgan fingerprint density at radius 3 is 2.92 bits per heavy atom. The van der Waals surface area contributed by atoms with E-state index in [1.54, 1.807) is 12.1 Å². The van der Waals surface area contributed by atoms with E-state index in [1.807, 2.05) is 0 Å². The quantitative estimate of drug-likeness (QED) is 0.622. The molecule has 0 spiro atoms. The summed E-state index contributed by atoms with van der Waals surface area (Å²) in [6.07, 6.45) is 4.10. The fourth-order valence-corrected chi connectivity index (χ4v) is 1.35. The Balaban J connectivity index is 2.71. The van der Waals surface area contributed by atoms with Gasteiger partial charge in [0.15, 0.2) is 0 Å². The fourth-order valence-electron chi connectivity index (χ4n) is 0.817. The Morgan fingerprint density at radius 2 is 2.42 bits per heavy atom. The minimum Gasteiger partial charge on any atom is -0.323 e. The molecule has 0 amide bonds. The molecule has 65 valence electrons. The Morgan fingerprint density at radius 1 is 1.67 bits per heavy atom. The van der Waals surface area contributed by atoms with Gasteiger partial charge in [0.2, 0.25) is 0 Å². The number of rotatable bonds is 3. The third-order valence-electron chi connectivity index (χ3n) is 1.41. The molecule has 5 heteroatoms. The molecule has 2 N–H and O–H groups in total. The summed E-state index contributed by atoms with van der Waals surface area (Å²) in [4.78, 5) is 3.71. The first-order valence-electron chi connectivity index (χ1n) is 3.39. The zero-order valence-corrected chi connectivity index (χ0v) is 7.20. The van der Waals surface area contributed by atoms with Crippen LogP contribution >= 0.6 is 0 Å². The van der Waals surface area contributed by atoms with E-state index in [9.17, 15) is 8.42 Å². The number of nitrogens with zero attached hydrogens (tertiary/aromatic N) is 1. The molecule has 1 aromatic heterocycles. The third kappa shape index (κ3) is 2.60. The van der Waals surface area contributed by atoms with Crippen LogP contribution < -0.4 is 5.73 Å². The average molecular weight is 185 g/mol. The van der Waals surface area contributed by atoms with Crippen LogP contribution in [0.1, 0.15) is 11.6 Å². The highest BCUT2D eigenvalue weighted by molar-refractivity contribution is 7.72. The van der Waals surface area contributed by atoms with Crippen molar-refractivity contribution in [2.75, 3.05) is 5.75 Å². The van der Waals surface area contributed by atoms with Crippen LogP contribution in [0.15, 0.2) is 18.3 Å². The first-order chi connectivity index (χ1) is 5.70. The van der Waals surface area contributed by atoms with Gasteiger partial charge < -0.3 is 5.73 Å². The lowest BCUT2D eigenvalue weighted by Gasteiger charge is -2.05. The van der Waals surface area contributed by atoms with Crippen LogP contribution in [-0.4, -0.2) is 19.2 Å². The van der Waals surface area contributed by atoms with Crippen molar-refractivity contribution in [3.63, 3.8) is 0 Å². The van der Waals surface area contributed by atoms with Crippen LogP contribution in [0.2, 0.25) is 0 Å². The molecule has 1 heterocycles. The highest BCUT2D eigenvalue weighted by Gasteiger charge is 2.05. The van der Waals surface area contributed by atoms with E-state index in [4.69, 9.17) is 5.73 Å². The second-order valence-corrected chi connectivity index (χ2v) is 3.37. The summed E-state index contributed by atoms with van der Waals surface area (Å²) in [7, 11) is -2.43. The number of nitrogens with two attached hydrogens (primary N) is 1. The maximum absolute atomic E-state index is 10.3. The van der Waals surface area contributed by atoms with Crippen LogP contribution in [0.3, 0.4) is 0 Å². The van der Waals surface area contributed by atoms with Crippen molar-refractivity contribution < 1.29 is 8.42 Å². The Bertz CT molecular complexity index is 302. The smallest absolute Gasteiger partial charge is 0.142 e. The second kappa shape index (κ2) is 4.18. The average Bonchev–Trinajstić information content (AvgIpc) is 2.05. The molecule has 4 nitrogen and oxygen atoms in total. The summed E-state index contributed by atoms with van der Waals surface area (Å²) < 4.78 is 20.6. The normalized spacial score (nSPS) is 13.2. The van der Waals surface area contributed by atoms with Crippen LogP contribution in [0.25, 0.3) is 0 Å². The molecule has 12 heavy (non-hydrogen) atoms. The highest BCUT2D eigenvalue weighted by Crippen LogP contribution is 2.06. The summed E-state index contributed by atoms with van der Waals surface area (Å²) in [5, 5.41) is 0. The second-order valence-electron chi connectivity index (χ2n) is 2.34. The van der Waals surface area contributed by atoms with Gasteiger partial charge in [0, 0.05) is 12.2 Å². The summed E-state index contributed by atoms with van der Waals surface area (Å²) >= 11 is 0. The van der Waals surface area contributed by atoms with Gasteiger partial charge in [-0.15, -0.1) is 0 Å². The molecule has 1 radical (unpaired) electrons. The summed E-state index contributed by atoms with van der Waals surface area (Å²) in [5.74, 6) is -0.0406. The molecule has 0 aromatic carbocycles. The monoisotopic (exact) mass is 185 g/mol. The summed E-state index contributed by atoms with van der Waals surface area (Å²) in [6.45, 7) is 0. The topological polar surface area (TPSA) is 73.1 Å². The maximum atomic E-state index is 10.3. The number of aromatic nitrogens is 1. The molecule has 0 fully saturated rings. The molecule has 1 unspecified atom stereocenters. The Labute approximate surface area is 72.4 Å². The van der Waals surface area contributed by atoms with Crippen LogP contribution in [0.4, 0.5) is 0 Å². The van der Waals surface area contributed by atoms with Crippen molar-refractivity contribution in [3.8, 4) is 0 Å². The lowest BCUT2D eigenvalue weighted by atomic mass is 10.2. The highest BCUT2D eigenvalue weighted by atomic mass is 32.2. The van der Waals surface area contributed by atoms with Crippen molar-refractivity contribution in [1.82, 2.24) is 4.98 Å². The minimum absolute atomic E-state index is 0.0406. The van der Waals surface area contributed by atoms with Gasteiger partial charge in [0.1, 0.15) is 10.7 Å². The van der Waals surface area contributed by atoms with E-state index < -0.39 is 16.7 Å². The van der Waals surface area contributed by atoms with Gasteiger partial charge in [-0.1, -0.05) is 6.07 Å². The van der Waals surface area contributed by atoms with Crippen molar-refractivity contribution >= 4 is 10.7 Å². The zero-order valence-electron chi connectivity index (χ0n) is 6.30. The first-order valence-corrected chi connectivity index (χ1v) is 4.76. The number of hydrogen-bond acceptors (Lipinski definition) is 4. The lowest BCUT2D eigenvalue weighted by molar-refractivity contribution is 0.607. The minimum atomic E-state index is -2.43. The molecular weight excluding hydrogens is 176 g/mol. The number of pyridine rings is 1. The molecule has 0 aliphatic carbocycles. The Kier molecular flexibility index (Phi) is 3.19. The summed E-state index contributed by atoms with van der Waals surface area (Å²) in [5.41, 5.74) is 6.27. The van der Waals surface area contributed by atoms with Crippen molar-refractivity contribution in [2.24, 2.45) is 5.73 Å². The molecule has 1 rings (SSSR count). The molecule has 0 aliphatic rings. The standard InChI is InChI=1S/C7H9N2O2S/c8-7(5-12(10)11)6-2-1-3-9-4-6/h1-2,4,7,12H,5,8H2. The zero-order chi connectivity index (χ0) is 8.97. The lowest BCUT2D eigenvalue weighted by Crippen LogP contribution is -2.15. The van der Waals surface area contributed by atoms with Crippen molar-refractivity contribution in [1.29, 1.82) is 0 Å². The molecule has 1 atom stereocenters. The van der Waals surface area contributed by atoms with E-state index in [0.717, 1.165) is 0 Å².